The molecule has 1 fully saturated rings. The number of halogens is 2. The smallest absolute Gasteiger partial charge is 0.123 e. The number of benzene rings is 1. The molecule has 1 aliphatic heterocycles. The summed E-state index contributed by atoms with van der Waals surface area (Å²) in [7, 11) is 1.73. The highest BCUT2D eigenvalue weighted by Gasteiger charge is 2.26. The third-order valence-electron chi connectivity index (χ3n) is 4.01. The third-order valence-corrected chi connectivity index (χ3v) is 4.47. The van der Waals surface area contributed by atoms with Gasteiger partial charge in [-0.1, -0.05) is 18.2 Å². The predicted octanol–water partition coefficient (Wildman–Crippen LogP) is 3.42. The van der Waals surface area contributed by atoms with Crippen molar-refractivity contribution in [2.75, 3.05) is 26.7 Å². The average molecular weight is 399 g/mol. The van der Waals surface area contributed by atoms with Crippen molar-refractivity contribution in [3.63, 3.8) is 0 Å². The molecule has 0 aliphatic carbocycles. The SMILES string of the molecule is COc1ccccc1C1CNCCN1Cc1ccc(Br)cn1.Cl. The zero-order chi connectivity index (χ0) is 15.4. The first-order valence-electron chi connectivity index (χ1n) is 7.46. The molecule has 0 spiro atoms. The third kappa shape index (κ3) is 4.44. The predicted molar refractivity (Wildman–Crippen MR) is 98.2 cm³/mol. The van der Waals surface area contributed by atoms with E-state index in [0.29, 0.717) is 6.04 Å². The maximum absolute atomic E-state index is 5.54. The van der Waals surface area contributed by atoms with Crippen LogP contribution >= 0.6 is 28.3 Å². The van der Waals surface area contributed by atoms with Gasteiger partial charge in [0.2, 0.25) is 0 Å². The quantitative estimate of drug-likeness (QED) is 0.856. The number of para-hydroxylation sites is 1. The van der Waals surface area contributed by atoms with Crippen molar-refractivity contribution >= 4 is 28.3 Å². The molecule has 4 nitrogen and oxygen atoms in total. The number of hydrogen-bond donors (Lipinski definition) is 1. The molecule has 6 heteroatoms. The van der Waals surface area contributed by atoms with Gasteiger partial charge in [0.1, 0.15) is 5.75 Å². The van der Waals surface area contributed by atoms with E-state index in [1.54, 1.807) is 7.11 Å². The minimum atomic E-state index is 0. The highest BCUT2D eigenvalue weighted by atomic mass is 79.9. The molecule has 1 atom stereocenters. The van der Waals surface area contributed by atoms with Gasteiger partial charge in [0.15, 0.2) is 0 Å². The number of nitrogens with zero attached hydrogens (tertiary/aromatic N) is 2. The average Bonchev–Trinajstić information content (AvgIpc) is 2.57. The Kier molecular flexibility index (Phi) is 6.84. The molecule has 1 N–H and O–H groups in total. The van der Waals surface area contributed by atoms with Crippen LogP contribution in [0.2, 0.25) is 0 Å². The summed E-state index contributed by atoms with van der Waals surface area (Å²) in [6.07, 6.45) is 1.86. The molecule has 0 saturated carbocycles. The molecule has 1 saturated heterocycles. The largest absolute Gasteiger partial charge is 0.496 e. The monoisotopic (exact) mass is 397 g/mol. The van der Waals surface area contributed by atoms with E-state index in [1.165, 1.54) is 5.56 Å². The van der Waals surface area contributed by atoms with E-state index in [0.717, 1.165) is 42.1 Å². The van der Waals surface area contributed by atoms with E-state index in [2.05, 4.69) is 49.3 Å². The van der Waals surface area contributed by atoms with Crippen LogP contribution in [-0.4, -0.2) is 36.6 Å². The van der Waals surface area contributed by atoms with Gasteiger partial charge in [-0.05, 0) is 34.1 Å². The number of pyridine rings is 1. The molecule has 1 unspecified atom stereocenters. The van der Waals surface area contributed by atoms with Gasteiger partial charge in [-0.25, -0.2) is 0 Å². The number of ether oxygens (including phenoxy) is 1. The van der Waals surface area contributed by atoms with Crippen LogP contribution in [0.3, 0.4) is 0 Å². The maximum Gasteiger partial charge on any atom is 0.123 e. The summed E-state index contributed by atoms with van der Waals surface area (Å²) in [5, 5.41) is 3.48. The molecule has 124 valence electrons. The Labute approximate surface area is 151 Å². The van der Waals surface area contributed by atoms with E-state index in [-0.39, 0.29) is 12.4 Å². The Bertz CT molecular complexity index is 623. The molecule has 1 aromatic heterocycles. The zero-order valence-corrected chi connectivity index (χ0v) is 15.4. The molecular weight excluding hydrogens is 378 g/mol. The van der Waals surface area contributed by atoms with Crippen molar-refractivity contribution < 1.29 is 4.74 Å². The lowest BCUT2D eigenvalue weighted by molar-refractivity contribution is 0.149. The van der Waals surface area contributed by atoms with Gasteiger partial charge in [0, 0.05) is 42.4 Å². The van der Waals surface area contributed by atoms with Crippen LogP contribution in [-0.2, 0) is 6.54 Å². The van der Waals surface area contributed by atoms with Crippen molar-refractivity contribution in [3.8, 4) is 5.75 Å². The van der Waals surface area contributed by atoms with Crippen LogP contribution < -0.4 is 10.1 Å². The number of rotatable bonds is 4. The summed E-state index contributed by atoms with van der Waals surface area (Å²) in [6, 6.07) is 12.7. The molecule has 1 aliphatic rings. The molecule has 0 radical (unpaired) electrons. The highest BCUT2D eigenvalue weighted by Crippen LogP contribution is 2.30. The maximum atomic E-state index is 5.54. The molecule has 0 bridgehead atoms. The van der Waals surface area contributed by atoms with E-state index < -0.39 is 0 Å². The summed E-state index contributed by atoms with van der Waals surface area (Å²) < 4.78 is 6.55. The molecule has 1 aromatic carbocycles. The first-order chi connectivity index (χ1) is 10.8. The van der Waals surface area contributed by atoms with Crippen molar-refractivity contribution in [2.45, 2.75) is 12.6 Å². The summed E-state index contributed by atoms with van der Waals surface area (Å²) in [5.41, 5.74) is 2.32. The lowest BCUT2D eigenvalue weighted by atomic mass is 10.0. The van der Waals surface area contributed by atoms with E-state index in [4.69, 9.17) is 4.74 Å². The molecule has 3 rings (SSSR count). The van der Waals surface area contributed by atoms with Gasteiger partial charge in [-0.3, -0.25) is 9.88 Å². The second-order valence-electron chi connectivity index (χ2n) is 5.40. The molecule has 2 aromatic rings. The van der Waals surface area contributed by atoms with Crippen LogP contribution in [0, 0.1) is 0 Å². The fraction of sp³-hybridized carbons (Fsp3) is 0.353. The number of aromatic nitrogens is 1. The van der Waals surface area contributed by atoms with Crippen LogP contribution in [0.1, 0.15) is 17.3 Å². The standard InChI is InChI=1S/C17H20BrN3O.ClH/c1-22-17-5-3-2-4-15(17)16-11-19-8-9-21(16)12-14-7-6-13(18)10-20-14;/h2-7,10,16,19H,8-9,11-12H2,1H3;1H. The summed E-state index contributed by atoms with van der Waals surface area (Å²) in [5.74, 6) is 0.949. The summed E-state index contributed by atoms with van der Waals surface area (Å²) in [4.78, 5) is 6.97. The van der Waals surface area contributed by atoms with E-state index in [1.807, 2.05) is 24.4 Å². The van der Waals surface area contributed by atoms with Gasteiger partial charge in [-0.2, -0.15) is 0 Å². The Morgan fingerprint density at radius 1 is 1.30 bits per heavy atom. The van der Waals surface area contributed by atoms with Gasteiger partial charge in [0.05, 0.1) is 18.8 Å². The Morgan fingerprint density at radius 2 is 2.13 bits per heavy atom. The van der Waals surface area contributed by atoms with Crippen LogP contribution in [0.25, 0.3) is 0 Å². The van der Waals surface area contributed by atoms with Crippen LogP contribution in [0.5, 0.6) is 5.75 Å². The second kappa shape index (κ2) is 8.64. The van der Waals surface area contributed by atoms with Crippen molar-refractivity contribution in [2.24, 2.45) is 0 Å². The minimum absolute atomic E-state index is 0. The summed E-state index contributed by atoms with van der Waals surface area (Å²) >= 11 is 3.44. The molecule has 0 amide bonds. The minimum Gasteiger partial charge on any atom is -0.496 e. The summed E-state index contributed by atoms with van der Waals surface area (Å²) in [6.45, 7) is 3.78. The molecule has 2 heterocycles. The lowest BCUT2D eigenvalue weighted by Gasteiger charge is -2.36. The number of nitrogens with one attached hydrogen (secondary N) is 1. The topological polar surface area (TPSA) is 37.4 Å². The van der Waals surface area contributed by atoms with Gasteiger partial charge in [0.25, 0.3) is 0 Å². The van der Waals surface area contributed by atoms with Crippen molar-refractivity contribution in [1.82, 2.24) is 15.2 Å². The van der Waals surface area contributed by atoms with Crippen molar-refractivity contribution in [3.05, 3.63) is 58.3 Å². The highest BCUT2D eigenvalue weighted by molar-refractivity contribution is 9.10. The fourth-order valence-electron chi connectivity index (χ4n) is 2.89. The van der Waals surface area contributed by atoms with Crippen LogP contribution in [0.15, 0.2) is 47.1 Å². The van der Waals surface area contributed by atoms with Gasteiger partial charge in [-0.15, -0.1) is 12.4 Å². The van der Waals surface area contributed by atoms with Gasteiger partial charge < -0.3 is 10.1 Å². The van der Waals surface area contributed by atoms with E-state index in [9.17, 15) is 0 Å². The van der Waals surface area contributed by atoms with Gasteiger partial charge >= 0.3 is 0 Å². The lowest BCUT2D eigenvalue weighted by Crippen LogP contribution is -2.45. The normalized spacial score (nSPS) is 18.3. The Hall–Kier alpha value is -1.14. The number of piperazine rings is 1. The molecule has 23 heavy (non-hydrogen) atoms. The fourth-order valence-corrected chi connectivity index (χ4v) is 3.13. The number of methoxy groups -OCH3 is 1. The van der Waals surface area contributed by atoms with Crippen LogP contribution in [0.4, 0.5) is 0 Å². The first-order valence-corrected chi connectivity index (χ1v) is 8.25. The van der Waals surface area contributed by atoms with Crippen molar-refractivity contribution in [1.29, 1.82) is 0 Å². The number of hydrogen-bond acceptors (Lipinski definition) is 4. The Morgan fingerprint density at radius 3 is 2.87 bits per heavy atom. The Balaban J connectivity index is 0.00000192. The van der Waals surface area contributed by atoms with E-state index >= 15 is 0 Å². The first kappa shape index (κ1) is 18.2. The zero-order valence-electron chi connectivity index (χ0n) is 13.0. The second-order valence-corrected chi connectivity index (χ2v) is 6.32. The molecular formula is C17H21BrClN3O.